The Bertz CT molecular complexity index is 456. The third kappa shape index (κ3) is 2.10. The number of hydrogen-bond acceptors (Lipinski definition) is 2. The minimum absolute atomic E-state index is 0.698. The molecule has 0 spiro atoms. The molecule has 0 N–H and O–H groups in total. The van der Waals surface area contributed by atoms with Crippen LogP contribution in [0.3, 0.4) is 0 Å². The van der Waals surface area contributed by atoms with Crippen LogP contribution in [0.15, 0.2) is 42.7 Å². The molecule has 2 aromatic rings. The molecular formula is C12H10ClNO. The SMILES string of the molecule is COc1ccc(Cl)c(-c2cccnc2)c1. The number of rotatable bonds is 2. The highest BCUT2D eigenvalue weighted by molar-refractivity contribution is 6.33. The fourth-order valence-corrected chi connectivity index (χ4v) is 1.60. The number of hydrogen-bond donors (Lipinski definition) is 0. The molecule has 0 bridgehead atoms. The molecule has 0 saturated carbocycles. The molecule has 2 nitrogen and oxygen atoms in total. The van der Waals surface area contributed by atoms with Crippen molar-refractivity contribution < 1.29 is 4.74 Å². The summed E-state index contributed by atoms with van der Waals surface area (Å²) in [4.78, 5) is 4.06. The topological polar surface area (TPSA) is 22.1 Å². The summed E-state index contributed by atoms with van der Waals surface area (Å²) < 4.78 is 5.15. The van der Waals surface area contributed by atoms with Gasteiger partial charge in [-0.15, -0.1) is 0 Å². The van der Waals surface area contributed by atoms with E-state index in [9.17, 15) is 0 Å². The molecule has 0 aliphatic carbocycles. The Morgan fingerprint density at radius 1 is 1.27 bits per heavy atom. The normalized spacial score (nSPS) is 10.0. The van der Waals surface area contributed by atoms with Gasteiger partial charge in [-0.05, 0) is 24.3 Å². The molecule has 0 amide bonds. The highest BCUT2D eigenvalue weighted by Crippen LogP contribution is 2.30. The van der Waals surface area contributed by atoms with Gasteiger partial charge in [0.1, 0.15) is 5.75 Å². The highest BCUT2D eigenvalue weighted by Gasteiger charge is 2.04. The van der Waals surface area contributed by atoms with Crippen molar-refractivity contribution in [3.8, 4) is 16.9 Å². The zero-order chi connectivity index (χ0) is 10.7. The average molecular weight is 220 g/mol. The summed E-state index contributed by atoms with van der Waals surface area (Å²) in [5, 5.41) is 0.698. The van der Waals surface area contributed by atoms with Crippen molar-refractivity contribution in [2.24, 2.45) is 0 Å². The first-order valence-corrected chi connectivity index (χ1v) is 4.93. The van der Waals surface area contributed by atoms with E-state index in [1.165, 1.54) is 0 Å². The molecule has 0 aliphatic heterocycles. The summed E-state index contributed by atoms with van der Waals surface area (Å²) in [6.45, 7) is 0. The van der Waals surface area contributed by atoms with Crippen molar-refractivity contribution in [3.05, 3.63) is 47.7 Å². The molecule has 0 atom stereocenters. The number of ether oxygens (including phenoxy) is 1. The van der Waals surface area contributed by atoms with Crippen molar-refractivity contribution in [1.82, 2.24) is 4.98 Å². The zero-order valence-corrected chi connectivity index (χ0v) is 9.03. The first-order chi connectivity index (χ1) is 7.31. The van der Waals surface area contributed by atoms with Crippen molar-refractivity contribution in [1.29, 1.82) is 0 Å². The third-order valence-electron chi connectivity index (χ3n) is 2.15. The lowest BCUT2D eigenvalue weighted by atomic mass is 10.1. The maximum atomic E-state index is 6.10. The van der Waals surface area contributed by atoms with E-state index in [0.29, 0.717) is 5.02 Å². The monoisotopic (exact) mass is 219 g/mol. The van der Waals surface area contributed by atoms with E-state index in [4.69, 9.17) is 16.3 Å². The molecular weight excluding hydrogens is 210 g/mol. The predicted molar refractivity (Wildman–Crippen MR) is 61.2 cm³/mol. The van der Waals surface area contributed by atoms with Crippen LogP contribution in [0.2, 0.25) is 5.02 Å². The molecule has 0 radical (unpaired) electrons. The van der Waals surface area contributed by atoms with E-state index in [2.05, 4.69) is 4.98 Å². The van der Waals surface area contributed by atoms with Gasteiger partial charge in [0.05, 0.1) is 7.11 Å². The Hall–Kier alpha value is -1.54. The Balaban J connectivity index is 2.52. The molecule has 3 heteroatoms. The van der Waals surface area contributed by atoms with Gasteiger partial charge in [-0.2, -0.15) is 0 Å². The second-order valence-corrected chi connectivity index (χ2v) is 3.49. The van der Waals surface area contributed by atoms with Crippen LogP contribution in [0.4, 0.5) is 0 Å². The van der Waals surface area contributed by atoms with Crippen LogP contribution in [0, 0.1) is 0 Å². The molecule has 1 heterocycles. The van der Waals surface area contributed by atoms with Crippen LogP contribution in [0.1, 0.15) is 0 Å². The van der Waals surface area contributed by atoms with E-state index in [1.54, 1.807) is 19.5 Å². The van der Waals surface area contributed by atoms with E-state index in [0.717, 1.165) is 16.9 Å². The van der Waals surface area contributed by atoms with Gasteiger partial charge >= 0.3 is 0 Å². The van der Waals surface area contributed by atoms with Crippen LogP contribution in [0.5, 0.6) is 5.75 Å². The predicted octanol–water partition coefficient (Wildman–Crippen LogP) is 3.41. The molecule has 1 aromatic carbocycles. The average Bonchev–Trinajstić information content (AvgIpc) is 2.31. The van der Waals surface area contributed by atoms with Gasteiger partial charge in [-0.3, -0.25) is 4.98 Å². The minimum atomic E-state index is 0.698. The molecule has 0 unspecified atom stereocenters. The van der Waals surface area contributed by atoms with Gasteiger partial charge in [-0.1, -0.05) is 17.7 Å². The second kappa shape index (κ2) is 4.32. The molecule has 76 valence electrons. The maximum Gasteiger partial charge on any atom is 0.119 e. The number of methoxy groups -OCH3 is 1. The van der Waals surface area contributed by atoms with Crippen molar-refractivity contribution in [2.45, 2.75) is 0 Å². The summed E-state index contributed by atoms with van der Waals surface area (Å²) in [5.74, 6) is 0.790. The van der Waals surface area contributed by atoms with E-state index in [1.807, 2.05) is 30.3 Å². The van der Waals surface area contributed by atoms with E-state index >= 15 is 0 Å². The number of pyridine rings is 1. The highest BCUT2D eigenvalue weighted by atomic mass is 35.5. The molecule has 0 fully saturated rings. The lowest BCUT2D eigenvalue weighted by Crippen LogP contribution is -1.85. The maximum absolute atomic E-state index is 6.10. The molecule has 15 heavy (non-hydrogen) atoms. The lowest BCUT2D eigenvalue weighted by Gasteiger charge is -2.06. The summed E-state index contributed by atoms with van der Waals surface area (Å²) in [7, 11) is 1.64. The largest absolute Gasteiger partial charge is 0.497 e. The van der Waals surface area contributed by atoms with Crippen molar-refractivity contribution >= 4 is 11.6 Å². The molecule has 0 aliphatic rings. The standard InChI is InChI=1S/C12H10ClNO/c1-15-10-4-5-12(13)11(7-10)9-3-2-6-14-8-9/h2-8H,1H3. The Morgan fingerprint density at radius 2 is 2.13 bits per heavy atom. The molecule has 0 saturated heterocycles. The first-order valence-electron chi connectivity index (χ1n) is 4.55. The Labute approximate surface area is 93.5 Å². The lowest BCUT2D eigenvalue weighted by molar-refractivity contribution is 0.415. The number of nitrogens with zero attached hydrogens (tertiary/aromatic N) is 1. The summed E-state index contributed by atoms with van der Waals surface area (Å²) in [5.41, 5.74) is 1.92. The van der Waals surface area contributed by atoms with Crippen LogP contribution < -0.4 is 4.74 Å². The molecule has 2 rings (SSSR count). The summed E-state index contributed by atoms with van der Waals surface area (Å²) in [6.07, 6.45) is 3.51. The van der Waals surface area contributed by atoms with Gasteiger partial charge in [0.15, 0.2) is 0 Å². The first kappa shape index (κ1) is 9.99. The quantitative estimate of drug-likeness (QED) is 0.772. The fourth-order valence-electron chi connectivity index (χ4n) is 1.37. The smallest absolute Gasteiger partial charge is 0.119 e. The van der Waals surface area contributed by atoms with Gasteiger partial charge in [0.2, 0.25) is 0 Å². The Kier molecular flexibility index (Phi) is 2.88. The van der Waals surface area contributed by atoms with E-state index in [-0.39, 0.29) is 0 Å². The van der Waals surface area contributed by atoms with E-state index < -0.39 is 0 Å². The summed E-state index contributed by atoms with van der Waals surface area (Å²) >= 11 is 6.10. The number of benzene rings is 1. The van der Waals surface area contributed by atoms with Gasteiger partial charge in [0, 0.05) is 28.5 Å². The van der Waals surface area contributed by atoms with Crippen LogP contribution >= 0.6 is 11.6 Å². The fraction of sp³-hybridized carbons (Fsp3) is 0.0833. The molecule has 1 aromatic heterocycles. The van der Waals surface area contributed by atoms with Gasteiger partial charge in [-0.25, -0.2) is 0 Å². The number of halogens is 1. The Morgan fingerprint density at radius 3 is 2.80 bits per heavy atom. The minimum Gasteiger partial charge on any atom is -0.497 e. The van der Waals surface area contributed by atoms with Gasteiger partial charge < -0.3 is 4.74 Å². The van der Waals surface area contributed by atoms with Gasteiger partial charge in [0.25, 0.3) is 0 Å². The van der Waals surface area contributed by atoms with Crippen LogP contribution in [-0.2, 0) is 0 Å². The van der Waals surface area contributed by atoms with Crippen LogP contribution in [-0.4, -0.2) is 12.1 Å². The third-order valence-corrected chi connectivity index (χ3v) is 2.48. The number of aromatic nitrogens is 1. The second-order valence-electron chi connectivity index (χ2n) is 3.09. The summed E-state index contributed by atoms with van der Waals surface area (Å²) in [6, 6.07) is 9.41. The van der Waals surface area contributed by atoms with Crippen molar-refractivity contribution in [2.75, 3.05) is 7.11 Å². The van der Waals surface area contributed by atoms with Crippen LogP contribution in [0.25, 0.3) is 11.1 Å². The van der Waals surface area contributed by atoms with Crippen molar-refractivity contribution in [3.63, 3.8) is 0 Å². The zero-order valence-electron chi connectivity index (χ0n) is 8.27.